The summed E-state index contributed by atoms with van der Waals surface area (Å²) >= 11 is 11.9. The largest absolute Gasteiger partial charge is 0.427 e. The third-order valence-electron chi connectivity index (χ3n) is 3.25. The number of benzene rings is 2. The number of ether oxygens (including phenoxy) is 1. The summed E-state index contributed by atoms with van der Waals surface area (Å²) in [6.45, 7) is 1.44. The monoisotopic (exact) mass is 388 g/mol. The molecule has 0 saturated carbocycles. The van der Waals surface area contributed by atoms with Gasteiger partial charge in [0.2, 0.25) is 0 Å². The summed E-state index contributed by atoms with van der Waals surface area (Å²) in [6.07, 6.45) is 1.41. The molecule has 0 aliphatic heterocycles. The highest BCUT2D eigenvalue weighted by molar-refractivity contribution is 6.35. The number of nitriles is 1. The number of esters is 1. The molecule has 0 heterocycles. The first kappa shape index (κ1) is 19.5. The minimum atomic E-state index is -0.545. The van der Waals surface area contributed by atoms with E-state index in [9.17, 15) is 14.9 Å². The van der Waals surface area contributed by atoms with Crippen molar-refractivity contribution in [3.8, 4) is 11.8 Å². The van der Waals surface area contributed by atoms with Crippen LogP contribution in [-0.4, -0.2) is 11.9 Å². The van der Waals surface area contributed by atoms with Crippen molar-refractivity contribution in [3.05, 3.63) is 69.2 Å². The van der Waals surface area contributed by atoms with Crippen LogP contribution in [0.15, 0.2) is 48.0 Å². The average Bonchev–Trinajstić information content (AvgIpc) is 2.58. The number of rotatable bonds is 5. The van der Waals surface area contributed by atoms with Crippen molar-refractivity contribution in [2.75, 3.05) is 0 Å². The van der Waals surface area contributed by atoms with Gasteiger partial charge in [-0.15, -0.1) is 0 Å². The second-order valence-electron chi connectivity index (χ2n) is 5.25. The quantitative estimate of drug-likeness (QED) is 0.361. The minimum absolute atomic E-state index is 0.0879. The van der Waals surface area contributed by atoms with Crippen molar-refractivity contribution in [3.63, 3.8) is 0 Å². The molecule has 1 amide bonds. The fraction of sp³-hybridized carbons (Fsp3) is 0.105. The lowest BCUT2D eigenvalue weighted by atomic mass is 10.1. The molecule has 26 heavy (non-hydrogen) atoms. The summed E-state index contributed by atoms with van der Waals surface area (Å²) in [7, 11) is 0. The van der Waals surface area contributed by atoms with Crippen molar-refractivity contribution < 1.29 is 14.3 Å². The van der Waals surface area contributed by atoms with E-state index < -0.39 is 11.9 Å². The number of hydrogen-bond acceptors (Lipinski definition) is 4. The van der Waals surface area contributed by atoms with Gasteiger partial charge >= 0.3 is 5.97 Å². The first-order valence-corrected chi connectivity index (χ1v) is 8.27. The first-order valence-electron chi connectivity index (χ1n) is 7.51. The first-order chi connectivity index (χ1) is 12.4. The van der Waals surface area contributed by atoms with Gasteiger partial charge in [0.05, 0.1) is 0 Å². The van der Waals surface area contributed by atoms with Crippen LogP contribution in [-0.2, 0) is 16.1 Å². The molecule has 1 N–H and O–H groups in total. The van der Waals surface area contributed by atoms with Crippen molar-refractivity contribution in [2.24, 2.45) is 0 Å². The Morgan fingerprint density at radius 2 is 2.00 bits per heavy atom. The molecule has 5 nitrogen and oxygen atoms in total. The van der Waals surface area contributed by atoms with E-state index in [0.717, 1.165) is 0 Å². The second-order valence-corrected chi connectivity index (χ2v) is 6.10. The lowest BCUT2D eigenvalue weighted by Crippen LogP contribution is -2.24. The van der Waals surface area contributed by atoms with E-state index in [2.05, 4.69) is 5.32 Å². The summed E-state index contributed by atoms with van der Waals surface area (Å²) < 4.78 is 4.98. The molecule has 2 aromatic rings. The Bertz CT molecular complexity index is 917. The zero-order valence-electron chi connectivity index (χ0n) is 13.8. The molecule has 0 saturated heterocycles. The van der Waals surface area contributed by atoms with Gasteiger partial charge < -0.3 is 10.1 Å². The van der Waals surface area contributed by atoms with Crippen molar-refractivity contribution >= 4 is 41.2 Å². The molecular weight excluding hydrogens is 375 g/mol. The fourth-order valence-electron chi connectivity index (χ4n) is 2.08. The predicted octanol–water partition coefficient (Wildman–Crippen LogP) is 4.14. The Kier molecular flexibility index (Phi) is 6.79. The average molecular weight is 389 g/mol. The Morgan fingerprint density at radius 1 is 1.23 bits per heavy atom. The molecule has 0 spiro atoms. The maximum atomic E-state index is 12.2. The van der Waals surface area contributed by atoms with Gasteiger partial charge in [-0.2, -0.15) is 5.26 Å². The molecule has 0 aromatic heterocycles. The summed E-state index contributed by atoms with van der Waals surface area (Å²) in [4.78, 5) is 23.2. The Hall–Kier alpha value is -2.81. The third-order valence-corrected chi connectivity index (χ3v) is 3.84. The standard InChI is InChI=1S/C19H14Cl2N2O3/c1-12(24)26-17-4-2-3-13(8-17)7-15(10-22)19(25)23-11-14-5-6-16(20)9-18(14)21/h2-9H,11H2,1H3,(H,23,25)/b15-7+. The number of carbonyl (C=O) groups is 2. The highest BCUT2D eigenvalue weighted by Crippen LogP contribution is 2.21. The maximum Gasteiger partial charge on any atom is 0.308 e. The highest BCUT2D eigenvalue weighted by atomic mass is 35.5. The molecule has 0 atom stereocenters. The van der Waals surface area contributed by atoms with Crippen LogP contribution in [0, 0.1) is 11.3 Å². The molecule has 0 bridgehead atoms. The third kappa shape index (κ3) is 5.62. The normalized spacial score (nSPS) is 10.8. The number of amides is 1. The van der Waals surface area contributed by atoms with Crippen molar-refractivity contribution in [1.82, 2.24) is 5.32 Å². The summed E-state index contributed by atoms with van der Waals surface area (Å²) in [5, 5.41) is 12.8. The van der Waals surface area contributed by atoms with Crippen LogP contribution in [0.3, 0.4) is 0 Å². The number of nitrogens with zero attached hydrogens (tertiary/aromatic N) is 1. The van der Waals surface area contributed by atoms with Gasteiger partial charge in [0.1, 0.15) is 17.4 Å². The van der Waals surface area contributed by atoms with Gasteiger partial charge in [-0.3, -0.25) is 9.59 Å². The van der Waals surface area contributed by atoms with Crippen LogP contribution in [0.4, 0.5) is 0 Å². The van der Waals surface area contributed by atoms with Crippen molar-refractivity contribution in [1.29, 1.82) is 5.26 Å². The molecule has 0 aliphatic rings. The molecule has 2 rings (SSSR count). The highest BCUT2D eigenvalue weighted by Gasteiger charge is 2.10. The number of nitrogens with one attached hydrogen (secondary N) is 1. The van der Waals surface area contributed by atoms with Crippen LogP contribution < -0.4 is 10.1 Å². The zero-order chi connectivity index (χ0) is 19.1. The predicted molar refractivity (Wildman–Crippen MR) is 99.6 cm³/mol. The number of carbonyl (C=O) groups excluding carboxylic acids is 2. The Balaban J connectivity index is 2.12. The lowest BCUT2D eigenvalue weighted by molar-refractivity contribution is -0.131. The van der Waals surface area contributed by atoms with E-state index in [-0.39, 0.29) is 12.1 Å². The van der Waals surface area contributed by atoms with Crippen LogP contribution in [0.5, 0.6) is 5.75 Å². The lowest BCUT2D eigenvalue weighted by Gasteiger charge is -2.07. The molecule has 0 fully saturated rings. The van der Waals surface area contributed by atoms with Gasteiger partial charge in [0, 0.05) is 23.5 Å². The summed E-state index contributed by atoms with van der Waals surface area (Å²) in [5.74, 6) is -0.669. The van der Waals surface area contributed by atoms with Crippen LogP contribution >= 0.6 is 23.2 Å². The van der Waals surface area contributed by atoms with Gasteiger partial charge in [-0.25, -0.2) is 0 Å². The number of halogens is 2. The topological polar surface area (TPSA) is 79.2 Å². The maximum absolute atomic E-state index is 12.2. The van der Waals surface area contributed by atoms with Gasteiger partial charge in [-0.1, -0.05) is 41.4 Å². The molecule has 7 heteroatoms. The van der Waals surface area contributed by atoms with E-state index >= 15 is 0 Å². The Labute approximate surface area is 160 Å². The number of hydrogen-bond donors (Lipinski definition) is 1. The van der Waals surface area contributed by atoms with Crippen molar-refractivity contribution in [2.45, 2.75) is 13.5 Å². The van der Waals surface area contributed by atoms with E-state index in [1.165, 1.54) is 13.0 Å². The molecule has 0 radical (unpaired) electrons. The minimum Gasteiger partial charge on any atom is -0.427 e. The van der Waals surface area contributed by atoms with Gasteiger partial charge in [0.15, 0.2) is 0 Å². The zero-order valence-corrected chi connectivity index (χ0v) is 15.3. The van der Waals surface area contributed by atoms with Crippen LogP contribution in [0.1, 0.15) is 18.1 Å². The smallest absolute Gasteiger partial charge is 0.308 e. The van der Waals surface area contributed by atoms with E-state index in [1.807, 2.05) is 6.07 Å². The van der Waals surface area contributed by atoms with Crippen LogP contribution in [0.25, 0.3) is 6.08 Å². The Morgan fingerprint density at radius 3 is 2.65 bits per heavy atom. The molecule has 132 valence electrons. The van der Waals surface area contributed by atoms with Crippen LogP contribution in [0.2, 0.25) is 10.0 Å². The van der Waals surface area contributed by atoms with E-state index in [0.29, 0.717) is 26.9 Å². The second kappa shape index (κ2) is 9.04. The van der Waals surface area contributed by atoms with E-state index in [4.69, 9.17) is 27.9 Å². The molecule has 0 aliphatic carbocycles. The SMILES string of the molecule is CC(=O)Oc1cccc(/C=C(\C#N)C(=O)NCc2ccc(Cl)cc2Cl)c1. The molecule has 0 unspecified atom stereocenters. The fourth-order valence-corrected chi connectivity index (χ4v) is 2.56. The molecule has 2 aromatic carbocycles. The molecular formula is C19H14Cl2N2O3. The van der Waals surface area contributed by atoms with Gasteiger partial charge in [-0.05, 0) is 41.5 Å². The summed E-state index contributed by atoms with van der Waals surface area (Å²) in [5.41, 5.74) is 1.15. The van der Waals surface area contributed by atoms with E-state index in [1.54, 1.807) is 42.5 Å². The van der Waals surface area contributed by atoms with Gasteiger partial charge in [0.25, 0.3) is 5.91 Å². The summed E-state index contributed by atoms with van der Waals surface area (Å²) in [6, 6.07) is 13.3.